The summed E-state index contributed by atoms with van der Waals surface area (Å²) in [5.74, 6) is 1.37. The third-order valence-electron chi connectivity index (χ3n) is 3.65. The van der Waals surface area contributed by atoms with Gasteiger partial charge in [0.05, 0.1) is 9.26 Å². The number of nitrogens with zero attached hydrogens (tertiary/aromatic N) is 1. The van der Waals surface area contributed by atoms with E-state index in [9.17, 15) is 0 Å². The second kappa shape index (κ2) is 6.62. The molecule has 0 amide bonds. The van der Waals surface area contributed by atoms with Gasteiger partial charge in [-0.05, 0) is 59.2 Å². The van der Waals surface area contributed by atoms with E-state index in [1.54, 1.807) is 0 Å². The fraction of sp³-hybridized carbons (Fsp3) is 0.167. The molecule has 0 atom stereocenters. The van der Waals surface area contributed by atoms with Crippen LogP contribution in [0.25, 0.3) is 11.3 Å². The largest absolute Gasteiger partial charge is 0.488 e. The van der Waals surface area contributed by atoms with E-state index in [0.29, 0.717) is 12.4 Å². The molecule has 2 aromatic carbocycles. The molecule has 3 N–H and O–H groups in total. The zero-order valence-corrected chi connectivity index (χ0v) is 15.2. The number of aromatic nitrogens is 2. The molecule has 0 aliphatic rings. The summed E-state index contributed by atoms with van der Waals surface area (Å²) < 4.78 is 7.05. The van der Waals surface area contributed by atoms with Crippen molar-refractivity contribution in [1.82, 2.24) is 10.2 Å². The molecule has 0 radical (unpaired) electrons. The minimum absolute atomic E-state index is 0.508. The molecule has 0 fully saturated rings. The van der Waals surface area contributed by atoms with Gasteiger partial charge >= 0.3 is 0 Å². The highest BCUT2D eigenvalue weighted by molar-refractivity contribution is 14.1. The standard InChI is InChI=1S/C18H18IN3O/c1-11-8-12(2)17(23-10-13-6-4-3-5-7-13)14(9-11)16-15(19)18(20)22-21-16/h3-9H,10H2,1-2H3,(H3,20,21,22). The van der Waals surface area contributed by atoms with E-state index in [0.717, 1.165) is 31.7 Å². The number of aromatic amines is 1. The van der Waals surface area contributed by atoms with Crippen molar-refractivity contribution in [3.05, 3.63) is 62.7 Å². The number of nitrogens with two attached hydrogens (primary N) is 1. The monoisotopic (exact) mass is 419 g/mol. The maximum absolute atomic E-state index is 6.14. The first-order chi connectivity index (χ1) is 11.1. The maximum Gasteiger partial charge on any atom is 0.159 e. The fourth-order valence-corrected chi connectivity index (χ4v) is 3.11. The lowest BCUT2D eigenvalue weighted by Crippen LogP contribution is -2.00. The highest BCUT2D eigenvalue weighted by Gasteiger charge is 2.17. The second-order valence-corrected chi connectivity index (χ2v) is 6.61. The molecule has 118 valence electrons. The Morgan fingerprint density at radius 3 is 2.57 bits per heavy atom. The molecule has 0 spiro atoms. The van der Waals surface area contributed by atoms with Crippen molar-refractivity contribution in [3.8, 4) is 17.0 Å². The van der Waals surface area contributed by atoms with Gasteiger partial charge in [0.1, 0.15) is 12.4 Å². The zero-order valence-electron chi connectivity index (χ0n) is 13.1. The third kappa shape index (κ3) is 3.34. The summed E-state index contributed by atoms with van der Waals surface area (Å²) >= 11 is 2.21. The van der Waals surface area contributed by atoms with Gasteiger partial charge in [-0.25, -0.2) is 0 Å². The minimum Gasteiger partial charge on any atom is -0.488 e. The molecule has 4 nitrogen and oxygen atoms in total. The van der Waals surface area contributed by atoms with E-state index >= 15 is 0 Å². The van der Waals surface area contributed by atoms with Crippen LogP contribution < -0.4 is 10.5 Å². The van der Waals surface area contributed by atoms with Crippen molar-refractivity contribution in [2.75, 3.05) is 5.73 Å². The number of anilines is 1. The molecule has 0 saturated carbocycles. The smallest absolute Gasteiger partial charge is 0.159 e. The summed E-state index contributed by atoms with van der Waals surface area (Å²) in [6, 6.07) is 14.4. The molecule has 1 aromatic heterocycles. The number of hydrogen-bond donors (Lipinski definition) is 2. The number of nitrogen functional groups attached to an aromatic ring is 1. The van der Waals surface area contributed by atoms with Crippen molar-refractivity contribution in [2.45, 2.75) is 20.5 Å². The van der Waals surface area contributed by atoms with Crippen LogP contribution in [0.1, 0.15) is 16.7 Å². The summed E-state index contributed by atoms with van der Waals surface area (Å²) in [6.07, 6.45) is 0. The highest BCUT2D eigenvalue weighted by atomic mass is 127. The molecular weight excluding hydrogens is 401 g/mol. The van der Waals surface area contributed by atoms with Gasteiger partial charge in [-0.15, -0.1) is 0 Å². The van der Waals surface area contributed by atoms with E-state index in [-0.39, 0.29) is 0 Å². The Hall–Kier alpha value is -2.02. The first-order valence-electron chi connectivity index (χ1n) is 7.34. The van der Waals surface area contributed by atoms with Gasteiger partial charge in [0.15, 0.2) is 5.82 Å². The van der Waals surface area contributed by atoms with Crippen LogP contribution >= 0.6 is 22.6 Å². The average Bonchev–Trinajstić information content (AvgIpc) is 2.86. The van der Waals surface area contributed by atoms with Crippen molar-refractivity contribution in [2.24, 2.45) is 0 Å². The van der Waals surface area contributed by atoms with Gasteiger partial charge in [0, 0.05) is 5.56 Å². The number of nitrogens with one attached hydrogen (secondary N) is 1. The summed E-state index contributed by atoms with van der Waals surface area (Å²) in [6.45, 7) is 4.66. The van der Waals surface area contributed by atoms with Crippen LogP contribution in [0.4, 0.5) is 5.82 Å². The van der Waals surface area contributed by atoms with Gasteiger partial charge in [0.25, 0.3) is 0 Å². The molecular formula is C18H18IN3O. The Balaban J connectivity index is 2.00. The Labute approximate surface area is 149 Å². The lowest BCUT2D eigenvalue weighted by Gasteiger charge is -2.15. The van der Waals surface area contributed by atoms with E-state index in [2.05, 4.69) is 70.9 Å². The first kappa shape index (κ1) is 15.9. The van der Waals surface area contributed by atoms with Crippen LogP contribution in [-0.4, -0.2) is 10.2 Å². The topological polar surface area (TPSA) is 63.9 Å². The molecule has 0 saturated heterocycles. The lowest BCUT2D eigenvalue weighted by atomic mass is 10.0. The van der Waals surface area contributed by atoms with Crippen LogP contribution in [0.3, 0.4) is 0 Å². The SMILES string of the molecule is Cc1cc(C)c(OCc2ccccc2)c(-c2[nH]nc(N)c2I)c1. The van der Waals surface area contributed by atoms with Crippen LogP contribution in [0.15, 0.2) is 42.5 Å². The van der Waals surface area contributed by atoms with Gasteiger partial charge < -0.3 is 10.5 Å². The normalized spacial score (nSPS) is 10.7. The van der Waals surface area contributed by atoms with Crippen molar-refractivity contribution < 1.29 is 4.74 Å². The molecule has 0 aliphatic carbocycles. The summed E-state index contributed by atoms with van der Waals surface area (Å²) in [5.41, 5.74) is 11.2. The maximum atomic E-state index is 6.14. The number of rotatable bonds is 4. The number of benzene rings is 2. The van der Waals surface area contributed by atoms with Crippen LogP contribution in [0.5, 0.6) is 5.75 Å². The van der Waals surface area contributed by atoms with Gasteiger partial charge in [-0.2, -0.15) is 5.10 Å². The molecule has 3 rings (SSSR count). The summed E-state index contributed by atoms with van der Waals surface area (Å²) in [7, 11) is 0. The van der Waals surface area contributed by atoms with E-state index < -0.39 is 0 Å². The van der Waals surface area contributed by atoms with Crippen molar-refractivity contribution in [1.29, 1.82) is 0 Å². The third-order valence-corrected chi connectivity index (χ3v) is 4.74. The number of halogens is 1. The Kier molecular flexibility index (Phi) is 4.56. The molecule has 0 aliphatic heterocycles. The van der Waals surface area contributed by atoms with Gasteiger partial charge in [-0.3, -0.25) is 5.10 Å². The Morgan fingerprint density at radius 2 is 1.91 bits per heavy atom. The van der Waals surface area contributed by atoms with Crippen LogP contribution in [0.2, 0.25) is 0 Å². The number of ether oxygens (including phenoxy) is 1. The molecule has 1 heterocycles. The summed E-state index contributed by atoms with van der Waals surface area (Å²) in [4.78, 5) is 0. The highest BCUT2D eigenvalue weighted by Crippen LogP contribution is 2.37. The Bertz CT molecular complexity index is 828. The van der Waals surface area contributed by atoms with Gasteiger partial charge in [0.2, 0.25) is 0 Å². The summed E-state index contributed by atoms with van der Waals surface area (Å²) in [5, 5.41) is 7.12. The van der Waals surface area contributed by atoms with E-state index in [1.807, 2.05) is 18.2 Å². The first-order valence-corrected chi connectivity index (χ1v) is 8.42. The van der Waals surface area contributed by atoms with Gasteiger partial charge in [-0.1, -0.05) is 36.4 Å². The second-order valence-electron chi connectivity index (χ2n) is 5.53. The quantitative estimate of drug-likeness (QED) is 0.614. The molecule has 5 heteroatoms. The van der Waals surface area contributed by atoms with E-state index in [4.69, 9.17) is 10.5 Å². The molecule has 0 unspecified atom stereocenters. The fourth-order valence-electron chi connectivity index (χ4n) is 2.58. The zero-order chi connectivity index (χ0) is 16.4. The molecule has 23 heavy (non-hydrogen) atoms. The molecule has 3 aromatic rings. The van der Waals surface area contributed by atoms with Crippen LogP contribution in [0, 0.1) is 17.4 Å². The average molecular weight is 419 g/mol. The predicted octanol–water partition coefficient (Wildman–Crippen LogP) is 4.46. The van der Waals surface area contributed by atoms with Crippen molar-refractivity contribution in [3.63, 3.8) is 0 Å². The van der Waals surface area contributed by atoms with E-state index in [1.165, 1.54) is 5.56 Å². The minimum atomic E-state index is 0.508. The number of H-pyrrole nitrogens is 1. The Morgan fingerprint density at radius 1 is 1.17 bits per heavy atom. The van der Waals surface area contributed by atoms with Crippen LogP contribution in [-0.2, 0) is 6.61 Å². The lowest BCUT2D eigenvalue weighted by molar-refractivity contribution is 0.305. The number of aryl methyl sites for hydroxylation is 2. The van der Waals surface area contributed by atoms with Crippen molar-refractivity contribution >= 4 is 28.4 Å². The number of hydrogen-bond acceptors (Lipinski definition) is 3. The molecule has 0 bridgehead atoms. The predicted molar refractivity (Wildman–Crippen MR) is 101 cm³/mol.